The van der Waals surface area contributed by atoms with Gasteiger partial charge in [0.25, 0.3) is 0 Å². The zero-order valence-corrected chi connectivity index (χ0v) is 14.6. The second kappa shape index (κ2) is 7.09. The second-order valence-electron chi connectivity index (χ2n) is 5.19. The number of nitriles is 2. The lowest BCUT2D eigenvalue weighted by molar-refractivity contribution is 0.415. The summed E-state index contributed by atoms with van der Waals surface area (Å²) in [6, 6.07) is 19.3. The van der Waals surface area contributed by atoms with Gasteiger partial charge in [0.1, 0.15) is 23.6 Å². The average Bonchev–Trinajstić information content (AvgIpc) is 3.06. The monoisotopic (exact) mass is 346 g/mol. The number of benzene rings is 2. The standard InChI is InChI=1S/C20H14N2O2S/c1-23-15-7-3-13(4-8-15)19-17(11-21)18(12-22)20(25-19)14-5-9-16(24-2)10-6-14/h3-10H,1-2H3. The van der Waals surface area contributed by atoms with Crippen molar-refractivity contribution < 1.29 is 9.47 Å². The maximum atomic E-state index is 9.60. The first-order valence-electron chi connectivity index (χ1n) is 7.47. The molecule has 5 heteroatoms. The van der Waals surface area contributed by atoms with E-state index < -0.39 is 0 Å². The van der Waals surface area contributed by atoms with Gasteiger partial charge in [0.2, 0.25) is 0 Å². The predicted molar refractivity (Wildman–Crippen MR) is 97.7 cm³/mol. The topological polar surface area (TPSA) is 66.0 Å². The number of hydrogen-bond donors (Lipinski definition) is 0. The molecular weight excluding hydrogens is 332 g/mol. The summed E-state index contributed by atoms with van der Waals surface area (Å²) in [6.45, 7) is 0. The van der Waals surface area contributed by atoms with Crippen LogP contribution in [0, 0.1) is 22.7 Å². The first kappa shape index (κ1) is 16.6. The lowest BCUT2D eigenvalue weighted by Gasteiger charge is -2.02. The number of nitrogens with zero attached hydrogens (tertiary/aromatic N) is 2. The van der Waals surface area contributed by atoms with Crippen LogP contribution >= 0.6 is 11.3 Å². The van der Waals surface area contributed by atoms with Crippen LogP contribution in [0.3, 0.4) is 0 Å². The van der Waals surface area contributed by atoms with E-state index in [1.807, 2.05) is 48.5 Å². The van der Waals surface area contributed by atoms with E-state index in [1.54, 1.807) is 14.2 Å². The Labute approximate surface area is 150 Å². The molecule has 3 rings (SSSR count). The molecule has 0 saturated heterocycles. The van der Waals surface area contributed by atoms with E-state index in [0.29, 0.717) is 11.1 Å². The minimum atomic E-state index is 0.406. The van der Waals surface area contributed by atoms with Crippen LogP contribution in [0.4, 0.5) is 0 Å². The highest BCUT2D eigenvalue weighted by Crippen LogP contribution is 2.42. The van der Waals surface area contributed by atoms with Crippen molar-refractivity contribution in [1.29, 1.82) is 10.5 Å². The minimum Gasteiger partial charge on any atom is -0.497 e. The van der Waals surface area contributed by atoms with Crippen LogP contribution in [0.5, 0.6) is 11.5 Å². The van der Waals surface area contributed by atoms with Gasteiger partial charge in [0.15, 0.2) is 0 Å². The molecule has 122 valence electrons. The third-order valence-electron chi connectivity index (χ3n) is 3.84. The van der Waals surface area contributed by atoms with Gasteiger partial charge in [-0.25, -0.2) is 0 Å². The molecular formula is C20H14N2O2S. The van der Waals surface area contributed by atoms with E-state index in [1.165, 1.54) is 11.3 Å². The van der Waals surface area contributed by atoms with Crippen molar-refractivity contribution in [3.05, 3.63) is 59.7 Å². The highest BCUT2D eigenvalue weighted by Gasteiger charge is 2.20. The highest BCUT2D eigenvalue weighted by atomic mass is 32.1. The Morgan fingerprint density at radius 3 is 1.32 bits per heavy atom. The van der Waals surface area contributed by atoms with Gasteiger partial charge in [-0.15, -0.1) is 11.3 Å². The molecule has 0 bridgehead atoms. The van der Waals surface area contributed by atoms with Crippen molar-refractivity contribution in [2.24, 2.45) is 0 Å². The summed E-state index contributed by atoms with van der Waals surface area (Å²) < 4.78 is 10.4. The zero-order valence-electron chi connectivity index (χ0n) is 13.7. The highest BCUT2D eigenvalue weighted by molar-refractivity contribution is 7.19. The first-order valence-corrected chi connectivity index (χ1v) is 8.29. The van der Waals surface area contributed by atoms with Crippen molar-refractivity contribution in [3.8, 4) is 44.5 Å². The van der Waals surface area contributed by atoms with E-state index in [2.05, 4.69) is 12.1 Å². The van der Waals surface area contributed by atoms with Crippen LogP contribution in [0.15, 0.2) is 48.5 Å². The van der Waals surface area contributed by atoms with Crippen molar-refractivity contribution >= 4 is 11.3 Å². The third-order valence-corrected chi connectivity index (χ3v) is 5.12. The fourth-order valence-electron chi connectivity index (χ4n) is 2.54. The number of thiophene rings is 1. The second-order valence-corrected chi connectivity index (χ2v) is 6.21. The van der Waals surface area contributed by atoms with Gasteiger partial charge in [-0.3, -0.25) is 0 Å². The van der Waals surface area contributed by atoms with Crippen LogP contribution in [-0.2, 0) is 0 Å². The van der Waals surface area contributed by atoms with Crippen LogP contribution in [0.25, 0.3) is 20.9 Å². The quantitative estimate of drug-likeness (QED) is 0.678. The Morgan fingerprint density at radius 1 is 0.680 bits per heavy atom. The molecule has 0 aliphatic carbocycles. The van der Waals surface area contributed by atoms with Crippen LogP contribution in [0.1, 0.15) is 11.1 Å². The van der Waals surface area contributed by atoms with Gasteiger partial charge < -0.3 is 9.47 Å². The molecule has 1 aromatic heterocycles. The van der Waals surface area contributed by atoms with Crippen LogP contribution < -0.4 is 9.47 Å². The van der Waals surface area contributed by atoms with Crippen molar-refractivity contribution in [2.75, 3.05) is 14.2 Å². The van der Waals surface area contributed by atoms with Crippen LogP contribution in [-0.4, -0.2) is 14.2 Å². The Hall–Kier alpha value is -3.28. The molecule has 25 heavy (non-hydrogen) atoms. The van der Waals surface area contributed by atoms with Crippen molar-refractivity contribution in [3.63, 3.8) is 0 Å². The van der Waals surface area contributed by atoms with E-state index in [4.69, 9.17) is 9.47 Å². The van der Waals surface area contributed by atoms with Gasteiger partial charge in [-0.2, -0.15) is 10.5 Å². The molecule has 0 amide bonds. The lowest BCUT2D eigenvalue weighted by Crippen LogP contribution is -1.85. The molecule has 0 unspecified atom stereocenters. The fourth-order valence-corrected chi connectivity index (χ4v) is 3.75. The summed E-state index contributed by atoms with van der Waals surface area (Å²) >= 11 is 1.44. The van der Waals surface area contributed by atoms with E-state index in [0.717, 1.165) is 32.4 Å². The van der Waals surface area contributed by atoms with Gasteiger partial charge in [-0.1, -0.05) is 0 Å². The zero-order chi connectivity index (χ0) is 17.8. The Kier molecular flexibility index (Phi) is 4.70. The summed E-state index contributed by atoms with van der Waals surface area (Å²) in [7, 11) is 3.22. The summed E-state index contributed by atoms with van der Waals surface area (Å²) in [5, 5.41) is 19.2. The number of rotatable bonds is 4. The Morgan fingerprint density at radius 2 is 1.04 bits per heavy atom. The molecule has 3 aromatic rings. The lowest BCUT2D eigenvalue weighted by atomic mass is 10.0. The van der Waals surface area contributed by atoms with Crippen molar-refractivity contribution in [1.82, 2.24) is 0 Å². The summed E-state index contributed by atoms with van der Waals surface area (Å²) in [5.41, 5.74) is 2.59. The van der Waals surface area contributed by atoms with E-state index in [9.17, 15) is 10.5 Å². The number of ether oxygens (including phenoxy) is 2. The predicted octanol–water partition coefficient (Wildman–Crippen LogP) is 4.84. The summed E-state index contributed by atoms with van der Waals surface area (Å²) in [4.78, 5) is 1.57. The maximum absolute atomic E-state index is 9.60. The number of hydrogen-bond acceptors (Lipinski definition) is 5. The average molecular weight is 346 g/mol. The molecule has 0 radical (unpaired) electrons. The third kappa shape index (κ3) is 3.06. The SMILES string of the molecule is COc1ccc(-c2sc(-c3ccc(OC)cc3)c(C#N)c2C#N)cc1. The maximum Gasteiger partial charge on any atom is 0.118 e. The molecule has 1 heterocycles. The summed E-state index contributed by atoms with van der Waals surface area (Å²) in [5.74, 6) is 1.49. The molecule has 0 aliphatic heterocycles. The van der Waals surface area contributed by atoms with Crippen LogP contribution in [0.2, 0.25) is 0 Å². The molecule has 0 spiro atoms. The molecule has 2 aromatic carbocycles. The molecule has 4 nitrogen and oxygen atoms in total. The van der Waals surface area contributed by atoms with E-state index in [-0.39, 0.29) is 0 Å². The summed E-state index contributed by atoms with van der Waals surface area (Å²) in [6.07, 6.45) is 0. The molecule has 0 fully saturated rings. The molecule has 0 saturated carbocycles. The largest absolute Gasteiger partial charge is 0.497 e. The molecule has 0 N–H and O–H groups in total. The van der Waals surface area contributed by atoms with Gasteiger partial charge in [0, 0.05) is 0 Å². The molecule has 0 atom stereocenters. The number of methoxy groups -OCH3 is 2. The Balaban J connectivity index is 2.15. The molecule has 0 aliphatic rings. The minimum absolute atomic E-state index is 0.406. The van der Waals surface area contributed by atoms with Gasteiger partial charge in [0.05, 0.1) is 35.1 Å². The Bertz CT molecular complexity index is 895. The first-order chi connectivity index (χ1) is 12.2. The van der Waals surface area contributed by atoms with E-state index >= 15 is 0 Å². The van der Waals surface area contributed by atoms with Gasteiger partial charge >= 0.3 is 0 Å². The normalized spacial score (nSPS) is 9.92. The van der Waals surface area contributed by atoms with Gasteiger partial charge in [-0.05, 0) is 59.7 Å². The fraction of sp³-hybridized carbons (Fsp3) is 0.100. The smallest absolute Gasteiger partial charge is 0.118 e. The van der Waals surface area contributed by atoms with Crippen molar-refractivity contribution in [2.45, 2.75) is 0 Å².